The first-order valence-corrected chi connectivity index (χ1v) is 11.9. The first-order chi connectivity index (χ1) is 14.6. The highest BCUT2D eigenvalue weighted by Crippen LogP contribution is 2.24. The van der Waals surface area contributed by atoms with Gasteiger partial charge in [0, 0.05) is 23.6 Å². The minimum absolute atomic E-state index is 0.303. The molecule has 1 N–H and O–H groups in total. The molecule has 7 nitrogen and oxygen atoms in total. The summed E-state index contributed by atoms with van der Waals surface area (Å²) in [7, 11) is -3.55. The lowest BCUT2D eigenvalue weighted by molar-refractivity contribution is -0.154. The van der Waals surface area contributed by atoms with E-state index in [1.165, 1.54) is 0 Å². The number of hydrogen-bond acceptors (Lipinski definition) is 5. The number of aromatic nitrogens is 1. The Kier molecular flexibility index (Phi) is 6.59. The van der Waals surface area contributed by atoms with E-state index in [0.717, 1.165) is 42.1 Å². The van der Waals surface area contributed by atoms with Crippen LogP contribution in [0.4, 0.5) is 0 Å². The number of hydrogen-bond donors (Lipinski definition) is 1. The highest BCUT2D eigenvalue weighted by Gasteiger charge is 2.33. The van der Waals surface area contributed by atoms with E-state index in [1.807, 2.05) is 30.5 Å². The fraction of sp³-hybridized carbons (Fsp3) is 0.348. The van der Waals surface area contributed by atoms with Crippen molar-refractivity contribution in [3.63, 3.8) is 0 Å². The molecule has 0 radical (unpaired) electrons. The lowest BCUT2D eigenvalue weighted by Gasteiger charge is -2.24. The quantitative estimate of drug-likeness (QED) is 0.469. The van der Waals surface area contributed by atoms with Crippen molar-refractivity contribution >= 4 is 27.0 Å². The van der Waals surface area contributed by atoms with Crippen LogP contribution in [0.5, 0.6) is 11.5 Å². The Hall–Kier alpha value is -3.00. The molecule has 1 atom stereocenters. The summed E-state index contributed by atoms with van der Waals surface area (Å²) in [6, 6.07) is 14.7. The van der Waals surface area contributed by atoms with Crippen LogP contribution in [-0.2, 0) is 27.9 Å². The monoisotopic (exact) mass is 445 g/mol. The van der Waals surface area contributed by atoms with E-state index < -0.39 is 21.7 Å². The topological polar surface area (TPSA) is 94.8 Å². The van der Waals surface area contributed by atoms with E-state index in [2.05, 4.69) is 4.57 Å². The minimum Gasteiger partial charge on any atom is -0.478 e. The van der Waals surface area contributed by atoms with Gasteiger partial charge in [-0.3, -0.25) is 0 Å². The number of nitrogens with zero attached hydrogens (tertiary/aromatic N) is 1. The highest BCUT2D eigenvalue weighted by atomic mass is 32.2. The summed E-state index contributed by atoms with van der Waals surface area (Å²) < 4.78 is 35.3. The van der Waals surface area contributed by atoms with Crippen LogP contribution >= 0.6 is 0 Å². The molecule has 0 aliphatic rings. The lowest BCUT2D eigenvalue weighted by Crippen LogP contribution is -2.40. The van der Waals surface area contributed by atoms with Gasteiger partial charge in [-0.05, 0) is 68.1 Å². The second-order valence-electron chi connectivity index (χ2n) is 7.76. The maximum atomic E-state index is 11.4. The van der Waals surface area contributed by atoms with Crippen LogP contribution in [0.15, 0.2) is 54.7 Å². The SMILES string of the molecule is CCC(C)(Oc1ccc(CCCn2ccc3cc(OS(C)(=O)=O)ccc32)cc1)C(=O)O. The molecule has 0 bridgehead atoms. The molecule has 0 amide bonds. The molecule has 0 aliphatic carbocycles. The Morgan fingerprint density at radius 1 is 1.10 bits per heavy atom. The van der Waals surface area contributed by atoms with E-state index in [4.69, 9.17) is 8.92 Å². The Morgan fingerprint density at radius 2 is 1.77 bits per heavy atom. The number of aryl methyl sites for hydroxylation is 2. The van der Waals surface area contributed by atoms with Crippen LogP contribution in [0.1, 0.15) is 32.3 Å². The summed E-state index contributed by atoms with van der Waals surface area (Å²) >= 11 is 0. The smallest absolute Gasteiger partial charge is 0.347 e. The van der Waals surface area contributed by atoms with Gasteiger partial charge in [0.15, 0.2) is 0 Å². The van der Waals surface area contributed by atoms with Crippen LogP contribution in [-0.4, -0.2) is 35.9 Å². The molecule has 0 spiro atoms. The number of fused-ring (bicyclic) bond motifs is 1. The number of carboxylic acid groups (broad SMARTS) is 1. The number of carbonyl (C=O) groups is 1. The van der Waals surface area contributed by atoms with Crippen molar-refractivity contribution in [3.8, 4) is 11.5 Å². The first kappa shape index (κ1) is 22.7. The minimum atomic E-state index is -3.55. The summed E-state index contributed by atoms with van der Waals surface area (Å²) in [5.74, 6) is -0.135. The molecule has 0 saturated carbocycles. The highest BCUT2D eigenvalue weighted by molar-refractivity contribution is 7.86. The van der Waals surface area contributed by atoms with Crippen molar-refractivity contribution in [2.45, 2.75) is 45.3 Å². The molecule has 31 heavy (non-hydrogen) atoms. The number of ether oxygens (including phenoxy) is 1. The molecule has 2 aromatic carbocycles. The number of aliphatic carboxylic acids is 1. The van der Waals surface area contributed by atoms with Gasteiger partial charge >= 0.3 is 16.1 Å². The molecule has 0 saturated heterocycles. The molecule has 3 rings (SSSR count). The maximum absolute atomic E-state index is 11.4. The Labute approximate surface area is 182 Å². The van der Waals surface area contributed by atoms with Gasteiger partial charge in [0.2, 0.25) is 5.60 Å². The standard InChI is InChI=1S/C23H27NO6S/c1-4-23(2,22(25)26)29-19-9-7-17(8-10-19)6-5-14-24-15-13-18-16-20(11-12-21(18)24)30-31(3,27)28/h7-13,15-16H,4-6,14H2,1-3H3,(H,25,26). The molecule has 1 heterocycles. The second kappa shape index (κ2) is 9.01. The second-order valence-corrected chi connectivity index (χ2v) is 9.33. The average Bonchev–Trinajstić information content (AvgIpc) is 3.10. The molecule has 1 unspecified atom stereocenters. The molecule has 8 heteroatoms. The van der Waals surface area contributed by atoms with E-state index in [0.29, 0.717) is 17.9 Å². The average molecular weight is 446 g/mol. The number of rotatable bonds is 10. The van der Waals surface area contributed by atoms with E-state index in [-0.39, 0.29) is 0 Å². The first-order valence-electron chi connectivity index (χ1n) is 10.1. The maximum Gasteiger partial charge on any atom is 0.347 e. The molecule has 1 aromatic heterocycles. The Morgan fingerprint density at radius 3 is 2.39 bits per heavy atom. The van der Waals surface area contributed by atoms with E-state index >= 15 is 0 Å². The zero-order valence-corrected chi connectivity index (χ0v) is 18.7. The van der Waals surface area contributed by atoms with Gasteiger partial charge in [-0.25, -0.2) is 4.79 Å². The van der Waals surface area contributed by atoms with Crippen molar-refractivity contribution < 1.29 is 27.2 Å². The van der Waals surface area contributed by atoms with Crippen LogP contribution in [0.2, 0.25) is 0 Å². The lowest BCUT2D eigenvalue weighted by atomic mass is 10.0. The molecular weight excluding hydrogens is 418 g/mol. The van der Waals surface area contributed by atoms with Gasteiger partial charge < -0.3 is 18.6 Å². The predicted molar refractivity (Wildman–Crippen MR) is 119 cm³/mol. The van der Waals surface area contributed by atoms with Gasteiger partial charge in [0.05, 0.1) is 6.26 Å². The normalized spacial score (nSPS) is 13.6. The van der Waals surface area contributed by atoms with Crippen molar-refractivity contribution in [3.05, 3.63) is 60.3 Å². The molecule has 166 valence electrons. The van der Waals surface area contributed by atoms with Crippen LogP contribution in [0.3, 0.4) is 0 Å². The Balaban J connectivity index is 1.59. The summed E-state index contributed by atoms with van der Waals surface area (Å²) in [4.78, 5) is 11.4. The number of carboxylic acids is 1. The third kappa shape index (κ3) is 5.79. The summed E-state index contributed by atoms with van der Waals surface area (Å²) in [6.07, 6.45) is 5.14. The Bertz CT molecular complexity index is 1170. The number of benzene rings is 2. The summed E-state index contributed by atoms with van der Waals surface area (Å²) in [5, 5.41) is 10.3. The van der Waals surface area contributed by atoms with Gasteiger partial charge in [0.25, 0.3) is 0 Å². The van der Waals surface area contributed by atoms with Crippen molar-refractivity contribution in [1.82, 2.24) is 4.57 Å². The predicted octanol–water partition coefficient (Wildman–Crippen LogP) is 4.24. The summed E-state index contributed by atoms with van der Waals surface area (Å²) in [5.41, 5.74) is 0.918. The van der Waals surface area contributed by atoms with Crippen LogP contribution in [0, 0.1) is 0 Å². The molecular formula is C23H27NO6S. The molecule has 0 aliphatic heterocycles. The third-order valence-corrected chi connectivity index (χ3v) is 5.74. The largest absolute Gasteiger partial charge is 0.478 e. The van der Waals surface area contributed by atoms with Gasteiger partial charge in [-0.1, -0.05) is 19.1 Å². The van der Waals surface area contributed by atoms with Crippen molar-refractivity contribution in [1.29, 1.82) is 0 Å². The fourth-order valence-electron chi connectivity index (χ4n) is 3.30. The molecule has 0 fully saturated rings. The van der Waals surface area contributed by atoms with Crippen molar-refractivity contribution in [2.24, 2.45) is 0 Å². The van der Waals surface area contributed by atoms with Crippen molar-refractivity contribution in [2.75, 3.05) is 6.26 Å². The third-order valence-electron chi connectivity index (χ3n) is 5.25. The van der Waals surface area contributed by atoms with E-state index in [1.54, 1.807) is 38.1 Å². The zero-order valence-electron chi connectivity index (χ0n) is 17.9. The van der Waals surface area contributed by atoms with Crippen LogP contribution in [0.25, 0.3) is 10.9 Å². The van der Waals surface area contributed by atoms with Crippen LogP contribution < -0.4 is 8.92 Å². The van der Waals surface area contributed by atoms with Gasteiger partial charge in [-0.15, -0.1) is 0 Å². The molecule has 3 aromatic rings. The fourth-order valence-corrected chi connectivity index (χ4v) is 3.76. The summed E-state index contributed by atoms with van der Waals surface area (Å²) in [6.45, 7) is 4.16. The van der Waals surface area contributed by atoms with Gasteiger partial charge in [0.1, 0.15) is 11.5 Å². The van der Waals surface area contributed by atoms with E-state index in [9.17, 15) is 18.3 Å². The zero-order chi connectivity index (χ0) is 22.6. The van der Waals surface area contributed by atoms with Gasteiger partial charge in [-0.2, -0.15) is 8.42 Å².